The first kappa shape index (κ1) is 12.6. The molecule has 1 heterocycles. The molecule has 2 aromatic rings. The molecule has 0 saturated heterocycles. The number of benzene rings is 1. The van der Waals surface area contributed by atoms with Crippen LogP contribution in [0, 0.1) is 0 Å². The number of anilines is 2. The highest BCUT2D eigenvalue weighted by atomic mass is 35.5. The minimum atomic E-state index is 0.294. The zero-order valence-corrected chi connectivity index (χ0v) is 10.6. The number of hydrogen-bond donors (Lipinski definition) is 2. The number of hydrogen-bond acceptors (Lipinski definition) is 5. The second kappa shape index (κ2) is 5.66. The molecule has 0 aliphatic carbocycles. The van der Waals surface area contributed by atoms with Crippen molar-refractivity contribution in [1.29, 1.82) is 0 Å². The Morgan fingerprint density at radius 2 is 2.22 bits per heavy atom. The van der Waals surface area contributed by atoms with Crippen LogP contribution < -0.4 is 15.8 Å². The zero-order chi connectivity index (χ0) is 13.0. The van der Waals surface area contributed by atoms with Crippen LogP contribution >= 0.6 is 11.6 Å². The summed E-state index contributed by atoms with van der Waals surface area (Å²) in [6.45, 7) is 0.294. The maximum atomic E-state index is 5.95. The van der Waals surface area contributed by atoms with Crippen molar-refractivity contribution in [2.75, 3.05) is 12.4 Å². The van der Waals surface area contributed by atoms with Gasteiger partial charge in [-0.05, 0) is 24.3 Å². The number of halogens is 1. The van der Waals surface area contributed by atoms with Crippen molar-refractivity contribution in [1.82, 2.24) is 9.97 Å². The number of nitrogens with zero attached hydrogens (tertiary/aromatic N) is 2. The molecular formula is C12H13ClN4O. The summed E-state index contributed by atoms with van der Waals surface area (Å²) in [6, 6.07) is 7.07. The largest absolute Gasteiger partial charge is 0.495 e. The third kappa shape index (κ3) is 2.88. The molecule has 3 N–H and O–H groups in total. The van der Waals surface area contributed by atoms with Gasteiger partial charge < -0.3 is 15.8 Å². The highest BCUT2D eigenvalue weighted by molar-refractivity contribution is 6.31. The summed E-state index contributed by atoms with van der Waals surface area (Å²) in [7, 11) is 1.60. The van der Waals surface area contributed by atoms with Gasteiger partial charge in [0.05, 0.1) is 19.3 Å². The zero-order valence-electron chi connectivity index (χ0n) is 9.85. The molecule has 5 nitrogen and oxygen atoms in total. The summed E-state index contributed by atoms with van der Waals surface area (Å²) in [4.78, 5) is 8.27. The summed E-state index contributed by atoms with van der Waals surface area (Å²) in [5.74, 6) is 1.90. The predicted molar refractivity (Wildman–Crippen MR) is 71.2 cm³/mol. The standard InChI is InChI=1S/C12H13ClN4O/c1-18-10-3-2-8(13)6-9(10)16-11-4-5-15-12(7-14)17-11/h2-6H,7,14H2,1H3,(H,15,16,17). The Morgan fingerprint density at radius 3 is 2.94 bits per heavy atom. The van der Waals surface area contributed by atoms with Crippen LogP contribution in [0.2, 0.25) is 5.02 Å². The first-order chi connectivity index (χ1) is 8.72. The van der Waals surface area contributed by atoms with Crippen LogP contribution in [0.15, 0.2) is 30.5 Å². The molecule has 1 aromatic heterocycles. The molecule has 0 saturated carbocycles. The summed E-state index contributed by atoms with van der Waals surface area (Å²) < 4.78 is 5.24. The van der Waals surface area contributed by atoms with Crippen molar-refractivity contribution >= 4 is 23.1 Å². The van der Waals surface area contributed by atoms with Gasteiger partial charge in [-0.15, -0.1) is 0 Å². The third-order valence-corrected chi connectivity index (χ3v) is 2.55. The van der Waals surface area contributed by atoms with Crippen molar-refractivity contribution in [3.8, 4) is 5.75 Å². The lowest BCUT2D eigenvalue weighted by Gasteiger charge is -2.11. The Kier molecular flexibility index (Phi) is 3.96. The van der Waals surface area contributed by atoms with Crippen molar-refractivity contribution < 1.29 is 4.74 Å². The van der Waals surface area contributed by atoms with E-state index in [1.165, 1.54) is 0 Å². The molecule has 1 aromatic carbocycles. The molecule has 0 radical (unpaired) electrons. The average Bonchev–Trinajstić information content (AvgIpc) is 2.39. The normalized spacial score (nSPS) is 10.2. The van der Waals surface area contributed by atoms with E-state index in [0.717, 1.165) is 5.69 Å². The molecule has 2 rings (SSSR count). The van der Waals surface area contributed by atoms with Gasteiger partial charge in [-0.1, -0.05) is 11.6 Å². The van der Waals surface area contributed by atoms with E-state index in [0.29, 0.717) is 29.0 Å². The maximum absolute atomic E-state index is 5.95. The minimum absolute atomic E-state index is 0.294. The maximum Gasteiger partial charge on any atom is 0.144 e. The van der Waals surface area contributed by atoms with E-state index in [1.54, 1.807) is 37.6 Å². The van der Waals surface area contributed by atoms with Gasteiger partial charge in [-0.25, -0.2) is 9.97 Å². The van der Waals surface area contributed by atoms with Crippen LogP contribution in [-0.2, 0) is 6.54 Å². The first-order valence-electron chi connectivity index (χ1n) is 5.35. The van der Waals surface area contributed by atoms with Crippen molar-refractivity contribution in [2.45, 2.75) is 6.54 Å². The van der Waals surface area contributed by atoms with Crippen LogP contribution in [0.1, 0.15) is 5.82 Å². The monoisotopic (exact) mass is 264 g/mol. The molecule has 0 atom stereocenters. The van der Waals surface area contributed by atoms with Gasteiger partial charge in [0.2, 0.25) is 0 Å². The van der Waals surface area contributed by atoms with Crippen LogP contribution in [0.25, 0.3) is 0 Å². The SMILES string of the molecule is COc1ccc(Cl)cc1Nc1ccnc(CN)n1. The van der Waals surface area contributed by atoms with E-state index in [2.05, 4.69) is 15.3 Å². The van der Waals surface area contributed by atoms with E-state index in [9.17, 15) is 0 Å². The van der Waals surface area contributed by atoms with Gasteiger partial charge in [0.25, 0.3) is 0 Å². The van der Waals surface area contributed by atoms with Crippen LogP contribution in [-0.4, -0.2) is 17.1 Å². The molecule has 0 aliphatic heterocycles. The van der Waals surface area contributed by atoms with Gasteiger partial charge in [0, 0.05) is 11.2 Å². The Morgan fingerprint density at radius 1 is 1.39 bits per heavy atom. The summed E-state index contributed by atoms with van der Waals surface area (Å²) in [5.41, 5.74) is 6.24. The number of rotatable bonds is 4. The Balaban J connectivity index is 2.29. The second-order valence-corrected chi connectivity index (χ2v) is 3.97. The number of aromatic nitrogens is 2. The van der Waals surface area contributed by atoms with Gasteiger partial charge in [-0.2, -0.15) is 0 Å². The predicted octanol–water partition coefficient (Wildman–Crippen LogP) is 2.34. The Bertz CT molecular complexity index is 547. The van der Waals surface area contributed by atoms with Gasteiger partial charge in [-0.3, -0.25) is 0 Å². The first-order valence-corrected chi connectivity index (χ1v) is 5.73. The summed E-state index contributed by atoms with van der Waals surface area (Å²) in [6.07, 6.45) is 1.65. The van der Waals surface area contributed by atoms with Gasteiger partial charge in [0.1, 0.15) is 17.4 Å². The molecule has 6 heteroatoms. The smallest absolute Gasteiger partial charge is 0.144 e. The lowest BCUT2D eigenvalue weighted by molar-refractivity contribution is 0.417. The molecule has 0 amide bonds. The number of methoxy groups -OCH3 is 1. The lowest BCUT2D eigenvalue weighted by atomic mass is 10.3. The Labute approximate surface area is 110 Å². The fraction of sp³-hybridized carbons (Fsp3) is 0.167. The van der Waals surface area contributed by atoms with E-state index in [4.69, 9.17) is 22.1 Å². The van der Waals surface area contributed by atoms with Crippen molar-refractivity contribution in [3.05, 3.63) is 41.3 Å². The molecule has 0 aliphatic rings. The van der Waals surface area contributed by atoms with Crippen LogP contribution in [0.5, 0.6) is 5.75 Å². The quantitative estimate of drug-likeness (QED) is 0.887. The second-order valence-electron chi connectivity index (χ2n) is 3.53. The Hall–Kier alpha value is -1.85. The molecule has 94 valence electrons. The van der Waals surface area contributed by atoms with E-state index >= 15 is 0 Å². The minimum Gasteiger partial charge on any atom is -0.495 e. The van der Waals surface area contributed by atoms with Crippen molar-refractivity contribution in [3.63, 3.8) is 0 Å². The number of nitrogens with one attached hydrogen (secondary N) is 1. The fourth-order valence-electron chi connectivity index (χ4n) is 1.48. The van der Waals surface area contributed by atoms with Crippen LogP contribution in [0.4, 0.5) is 11.5 Å². The van der Waals surface area contributed by atoms with E-state index < -0.39 is 0 Å². The van der Waals surface area contributed by atoms with Crippen molar-refractivity contribution in [2.24, 2.45) is 5.73 Å². The highest BCUT2D eigenvalue weighted by Gasteiger charge is 2.05. The summed E-state index contributed by atoms with van der Waals surface area (Å²) >= 11 is 5.95. The molecule has 18 heavy (non-hydrogen) atoms. The third-order valence-electron chi connectivity index (χ3n) is 2.31. The number of ether oxygens (including phenoxy) is 1. The summed E-state index contributed by atoms with van der Waals surface area (Å²) in [5, 5.41) is 3.74. The van der Waals surface area contributed by atoms with E-state index in [1.807, 2.05) is 0 Å². The van der Waals surface area contributed by atoms with Crippen LogP contribution in [0.3, 0.4) is 0 Å². The molecular weight excluding hydrogens is 252 g/mol. The lowest BCUT2D eigenvalue weighted by Crippen LogP contribution is -2.05. The van der Waals surface area contributed by atoms with Gasteiger partial charge >= 0.3 is 0 Å². The highest BCUT2D eigenvalue weighted by Crippen LogP contribution is 2.29. The topological polar surface area (TPSA) is 73.1 Å². The van der Waals surface area contributed by atoms with E-state index in [-0.39, 0.29) is 0 Å². The molecule has 0 fully saturated rings. The fourth-order valence-corrected chi connectivity index (χ4v) is 1.66. The molecule has 0 bridgehead atoms. The van der Waals surface area contributed by atoms with Gasteiger partial charge in [0.15, 0.2) is 0 Å². The molecule has 0 spiro atoms. The average molecular weight is 265 g/mol. The molecule has 0 unspecified atom stereocenters. The number of nitrogens with two attached hydrogens (primary N) is 1.